The molecule has 0 aliphatic carbocycles. The number of carboxylic acid groups (broad SMARTS) is 1. The summed E-state index contributed by atoms with van der Waals surface area (Å²) in [4.78, 5) is 22.1. The molecule has 3 aromatic rings. The lowest BCUT2D eigenvalue weighted by Gasteiger charge is -2.45. The second kappa shape index (κ2) is 10.3. The number of guanidine groups is 1. The van der Waals surface area contributed by atoms with Gasteiger partial charge in [-0.1, -0.05) is 6.07 Å². The molecule has 11 heteroatoms. The quantitative estimate of drug-likeness (QED) is 0.464. The number of hydrogen-bond acceptors (Lipinski definition) is 7. The number of benzene rings is 3. The SMILES string of the molecule is N#Cc1ccc2c(c1)C(CC(=O)[O-])N(c1cccc(C(F)(F)F)c1)C(N1CCN(c3ccc(F)cc3)CC1)=N2. The minimum Gasteiger partial charge on any atom is -0.550 e. The molecule has 2 aliphatic rings. The Morgan fingerprint density at radius 2 is 1.67 bits per heavy atom. The van der Waals surface area contributed by atoms with Crippen LogP contribution in [-0.2, 0) is 11.0 Å². The fourth-order valence-corrected chi connectivity index (χ4v) is 4.96. The van der Waals surface area contributed by atoms with E-state index in [2.05, 4.69) is 4.90 Å². The third-order valence-corrected chi connectivity index (χ3v) is 6.83. The minimum absolute atomic E-state index is 0.115. The molecule has 5 rings (SSSR count). The number of carboxylic acids is 1. The van der Waals surface area contributed by atoms with Gasteiger partial charge in [-0.15, -0.1) is 0 Å². The van der Waals surface area contributed by atoms with Crippen molar-refractivity contribution in [3.63, 3.8) is 0 Å². The molecule has 0 saturated carbocycles. The Morgan fingerprint density at radius 1 is 0.974 bits per heavy atom. The molecule has 0 radical (unpaired) electrons. The number of rotatable bonds is 4. The van der Waals surface area contributed by atoms with Crippen molar-refractivity contribution in [3.8, 4) is 6.07 Å². The lowest BCUT2D eigenvalue weighted by atomic mass is 9.95. The third kappa shape index (κ3) is 5.36. The number of anilines is 2. The van der Waals surface area contributed by atoms with Crippen molar-refractivity contribution in [1.29, 1.82) is 5.26 Å². The summed E-state index contributed by atoms with van der Waals surface area (Å²) in [6.45, 7) is 1.89. The zero-order valence-electron chi connectivity index (χ0n) is 20.5. The highest BCUT2D eigenvalue weighted by Gasteiger charge is 2.37. The zero-order chi connectivity index (χ0) is 27.7. The van der Waals surface area contributed by atoms with Crippen LogP contribution in [0.25, 0.3) is 0 Å². The number of fused-ring (bicyclic) bond motifs is 1. The predicted molar refractivity (Wildman–Crippen MR) is 135 cm³/mol. The molecule has 0 N–H and O–H groups in total. The standard InChI is InChI=1S/C28H23F4N5O2/c29-20-5-7-21(8-6-20)35-10-12-36(13-11-35)27-34-24-9-4-18(17-33)14-23(24)25(16-26(38)39)37(27)22-3-1-2-19(15-22)28(30,31)32/h1-9,14-15,25H,10-13,16H2,(H,38,39)/p-1. The van der Waals surface area contributed by atoms with Gasteiger partial charge in [0.1, 0.15) is 5.82 Å². The van der Waals surface area contributed by atoms with Gasteiger partial charge in [-0.3, -0.25) is 0 Å². The lowest BCUT2D eigenvalue weighted by Crippen LogP contribution is -2.55. The van der Waals surface area contributed by atoms with E-state index in [1.54, 1.807) is 24.3 Å². The smallest absolute Gasteiger partial charge is 0.416 e. The molecule has 2 aliphatic heterocycles. The number of carbonyl (C=O) groups is 1. The van der Waals surface area contributed by atoms with Crippen LogP contribution in [-0.4, -0.2) is 43.0 Å². The molecule has 1 unspecified atom stereocenters. The van der Waals surface area contributed by atoms with Crippen LogP contribution in [0, 0.1) is 17.1 Å². The summed E-state index contributed by atoms with van der Waals surface area (Å²) in [6, 6.07) is 16.5. The maximum Gasteiger partial charge on any atom is 0.416 e. The Labute approximate surface area is 221 Å². The Balaban J connectivity index is 1.57. The maximum atomic E-state index is 13.6. The molecule has 200 valence electrons. The van der Waals surface area contributed by atoms with E-state index in [0.29, 0.717) is 43.4 Å². The predicted octanol–water partition coefficient (Wildman–Crippen LogP) is 4.23. The van der Waals surface area contributed by atoms with Crippen molar-refractivity contribution in [1.82, 2.24) is 4.90 Å². The normalized spacial score (nSPS) is 17.4. The second-order valence-corrected chi connectivity index (χ2v) is 9.26. The highest BCUT2D eigenvalue weighted by Crippen LogP contribution is 2.42. The van der Waals surface area contributed by atoms with Gasteiger partial charge >= 0.3 is 6.18 Å². The number of nitriles is 1. The number of carbonyl (C=O) groups excluding carboxylic acids is 1. The molecule has 3 aromatic carbocycles. The molecule has 0 spiro atoms. The van der Waals surface area contributed by atoms with Gasteiger partial charge in [0.05, 0.1) is 28.9 Å². The van der Waals surface area contributed by atoms with Gasteiger partial charge in [-0.2, -0.15) is 18.4 Å². The number of alkyl halides is 3. The first kappa shape index (κ1) is 26.0. The first-order valence-corrected chi connectivity index (χ1v) is 12.2. The topological polar surface area (TPSA) is 86.0 Å². The largest absolute Gasteiger partial charge is 0.550 e. The Kier molecular flexibility index (Phi) is 6.87. The molecule has 2 heterocycles. The highest BCUT2D eigenvalue weighted by molar-refractivity contribution is 6.01. The first-order chi connectivity index (χ1) is 18.6. The molecule has 1 fully saturated rings. The van der Waals surface area contributed by atoms with E-state index in [1.807, 2.05) is 11.0 Å². The third-order valence-electron chi connectivity index (χ3n) is 6.83. The number of aliphatic carboxylic acids is 1. The van der Waals surface area contributed by atoms with Crippen molar-refractivity contribution in [2.45, 2.75) is 18.6 Å². The van der Waals surface area contributed by atoms with Crippen LogP contribution in [0.5, 0.6) is 0 Å². The number of nitrogens with zero attached hydrogens (tertiary/aromatic N) is 5. The molecule has 1 saturated heterocycles. The summed E-state index contributed by atoms with van der Waals surface area (Å²) in [5.74, 6) is -1.44. The van der Waals surface area contributed by atoms with E-state index in [1.165, 1.54) is 35.2 Å². The van der Waals surface area contributed by atoms with Gasteiger partial charge in [0.25, 0.3) is 0 Å². The molecule has 7 nitrogen and oxygen atoms in total. The van der Waals surface area contributed by atoms with E-state index in [9.17, 15) is 32.7 Å². The van der Waals surface area contributed by atoms with Crippen LogP contribution in [0.15, 0.2) is 71.7 Å². The van der Waals surface area contributed by atoms with Crippen LogP contribution >= 0.6 is 0 Å². The van der Waals surface area contributed by atoms with Gasteiger partial charge < -0.3 is 24.6 Å². The molecule has 0 amide bonds. The number of hydrogen-bond donors (Lipinski definition) is 0. The van der Waals surface area contributed by atoms with E-state index < -0.39 is 30.2 Å². The van der Waals surface area contributed by atoms with Crippen LogP contribution < -0.4 is 14.9 Å². The van der Waals surface area contributed by atoms with Gasteiger partial charge in [0, 0.05) is 55.5 Å². The average Bonchev–Trinajstić information content (AvgIpc) is 2.92. The van der Waals surface area contributed by atoms with Crippen LogP contribution in [0.1, 0.15) is 29.2 Å². The van der Waals surface area contributed by atoms with Gasteiger partial charge in [-0.25, -0.2) is 9.38 Å². The van der Waals surface area contributed by atoms with E-state index >= 15 is 0 Å². The fourth-order valence-electron chi connectivity index (χ4n) is 4.96. The van der Waals surface area contributed by atoms with Crippen LogP contribution in [0.3, 0.4) is 0 Å². The summed E-state index contributed by atoms with van der Waals surface area (Å²) < 4.78 is 54.3. The van der Waals surface area contributed by atoms with Crippen molar-refractivity contribution < 1.29 is 27.5 Å². The summed E-state index contributed by atoms with van der Waals surface area (Å²) >= 11 is 0. The number of halogens is 4. The second-order valence-electron chi connectivity index (χ2n) is 9.26. The van der Waals surface area contributed by atoms with Crippen LogP contribution in [0.4, 0.5) is 34.6 Å². The molecular formula is C28H22F4N5O2-. The van der Waals surface area contributed by atoms with E-state index in [4.69, 9.17) is 4.99 Å². The van der Waals surface area contributed by atoms with E-state index in [-0.39, 0.29) is 17.1 Å². The Hall–Kier alpha value is -4.59. The monoisotopic (exact) mass is 536 g/mol. The molecular weight excluding hydrogens is 514 g/mol. The van der Waals surface area contributed by atoms with E-state index in [0.717, 1.165) is 17.8 Å². The van der Waals surface area contributed by atoms with Crippen molar-refractivity contribution >= 4 is 29.0 Å². The van der Waals surface area contributed by atoms with Gasteiger partial charge in [0.2, 0.25) is 5.96 Å². The fraction of sp³-hybridized carbons (Fsp3) is 0.250. The van der Waals surface area contributed by atoms with Gasteiger partial charge in [0.15, 0.2) is 0 Å². The Bertz CT molecular complexity index is 1460. The molecule has 0 bridgehead atoms. The molecule has 1 atom stereocenters. The summed E-state index contributed by atoms with van der Waals surface area (Å²) in [6.07, 6.45) is -5.15. The maximum absolute atomic E-state index is 13.6. The molecule has 0 aromatic heterocycles. The number of piperazine rings is 1. The zero-order valence-corrected chi connectivity index (χ0v) is 20.5. The number of aliphatic imine (C=N–C) groups is 1. The molecule has 39 heavy (non-hydrogen) atoms. The highest BCUT2D eigenvalue weighted by atomic mass is 19.4. The van der Waals surface area contributed by atoms with Gasteiger partial charge in [-0.05, 0) is 60.7 Å². The first-order valence-electron chi connectivity index (χ1n) is 12.2. The lowest BCUT2D eigenvalue weighted by molar-refractivity contribution is -0.306. The minimum atomic E-state index is -4.61. The van der Waals surface area contributed by atoms with Crippen molar-refractivity contribution in [3.05, 3.63) is 89.2 Å². The summed E-state index contributed by atoms with van der Waals surface area (Å²) in [7, 11) is 0. The summed E-state index contributed by atoms with van der Waals surface area (Å²) in [5.41, 5.74) is 1.17. The average molecular weight is 537 g/mol. The Morgan fingerprint density at radius 3 is 2.31 bits per heavy atom. The summed E-state index contributed by atoms with van der Waals surface area (Å²) in [5, 5.41) is 21.3. The van der Waals surface area contributed by atoms with Crippen molar-refractivity contribution in [2.75, 3.05) is 36.0 Å². The van der Waals surface area contributed by atoms with Crippen LogP contribution in [0.2, 0.25) is 0 Å². The van der Waals surface area contributed by atoms with Crippen molar-refractivity contribution in [2.24, 2.45) is 4.99 Å².